The van der Waals surface area contributed by atoms with Crippen LogP contribution in [0.25, 0.3) is 0 Å². The van der Waals surface area contributed by atoms with Crippen LogP contribution in [-0.4, -0.2) is 16.8 Å². The zero-order valence-electron chi connectivity index (χ0n) is 16.4. The van der Waals surface area contributed by atoms with Crippen molar-refractivity contribution in [3.05, 3.63) is 76.6 Å². The Bertz CT molecular complexity index is 936. The molecule has 1 amide bonds. The topological polar surface area (TPSA) is 57.6 Å². The lowest BCUT2D eigenvalue weighted by Crippen LogP contribution is -2.32. The van der Waals surface area contributed by atoms with E-state index in [9.17, 15) is 14.7 Å². The number of aliphatic hydroxyl groups is 1. The summed E-state index contributed by atoms with van der Waals surface area (Å²) in [5.74, 6) is -1.23. The lowest BCUT2D eigenvalue weighted by molar-refractivity contribution is -0.123. The fraction of sp³-hybridized carbons (Fsp3) is 0.304. The number of nitrogens with zero attached hydrogens (tertiary/aromatic N) is 1. The first-order valence-corrected chi connectivity index (χ1v) is 9.06. The van der Waals surface area contributed by atoms with E-state index in [2.05, 4.69) is 0 Å². The SMILES string of the molecule is Cc1ccc(N2C(=O)C(O)=C(C(=O)C(C)(C)C)C2c2ccccc2)cc1C. The van der Waals surface area contributed by atoms with Gasteiger partial charge in [0.25, 0.3) is 5.91 Å². The van der Waals surface area contributed by atoms with Crippen LogP contribution in [-0.2, 0) is 9.59 Å². The van der Waals surface area contributed by atoms with Crippen LogP contribution in [0.5, 0.6) is 0 Å². The van der Waals surface area contributed by atoms with Crippen molar-refractivity contribution in [1.82, 2.24) is 0 Å². The maximum atomic E-state index is 13.1. The Hall–Kier alpha value is -2.88. The molecule has 0 fully saturated rings. The maximum Gasteiger partial charge on any atom is 0.294 e. The second-order valence-corrected chi connectivity index (χ2v) is 8.10. The summed E-state index contributed by atoms with van der Waals surface area (Å²) in [7, 11) is 0. The van der Waals surface area contributed by atoms with Gasteiger partial charge in [-0.3, -0.25) is 14.5 Å². The molecule has 1 heterocycles. The molecule has 2 aromatic carbocycles. The molecule has 1 aliphatic rings. The molecule has 4 nitrogen and oxygen atoms in total. The first kappa shape index (κ1) is 18.9. The molecule has 0 radical (unpaired) electrons. The number of benzene rings is 2. The zero-order chi connectivity index (χ0) is 19.9. The summed E-state index contributed by atoms with van der Waals surface area (Å²) in [4.78, 5) is 27.6. The highest BCUT2D eigenvalue weighted by molar-refractivity contribution is 6.17. The van der Waals surface area contributed by atoms with Crippen LogP contribution in [0.3, 0.4) is 0 Å². The number of Topliss-reactive ketones (excluding diaryl/α,β-unsaturated/α-hetero) is 1. The standard InChI is InChI=1S/C23H25NO3/c1-14-11-12-17(13-15(14)2)24-19(16-9-7-6-8-10-16)18(20(25)22(24)27)21(26)23(3,4)5/h6-13,19,25H,1-5H3. The summed E-state index contributed by atoms with van der Waals surface area (Å²) in [6.07, 6.45) is 0. The second-order valence-electron chi connectivity index (χ2n) is 8.10. The van der Waals surface area contributed by atoms with Gasteiger partial charge in [-0.05, 0) is 42.7 Å². The molecule has 1 N–H and O–H groups in total. The van der Waals surface area contributed by atoms with Gasteiger partial charge in [0.15, 0.2) is 11.5 Å². The molecule has 4 heteroatoms. The van der Waals surface area contributed by atoms with Gasteiger partial charge in [-0.2, -0.15) is 0 Å². The maximum absolute atomic E-state index is 13.1. The number of ketones is 1. The third kappa shape index (κ3) is 3.27. The Morgan fingerprint density at radius 3 is 2.19 bits per heavy atom. The molecular formula is C23H25NO3. The Balaban J connectivity index is 2.21. The van der Waals surface area contributed by atoms with Gasteiger partial charge in [-0.1, -0.05) is 57.2 Å². The van der Waals surface area contributed by atoms with E-state index in [-0.39, 0.29) is 11.4 Å². The average Bonchev–Trinajstić information content (AvgIpc) is 2.88. The summed E-state index contributed by atoms with van der Waals surface area (Å²) < 4.78 is 0. The largest absolute Gasteiger partial charge is 0.503 e. The van der Waals surface area contributed by atoms with Gasteiger partial charge < -0.3 is 5.11 Å². The fourth-order valence-electron chi connectivity index (χ4n) is 3.33. The van der Waals surface area contributed by atoms with Gasteiger partial charge in [0, 0.05) is 11.1 Å². The highest BCUT2D eigenvalue weighted by atomic mass is 16.3. The molecule has 0 saturated heterocycles. The van der Waals surface area contributed by atoms with Crippen LogP contribution in [0, 0.1) is 19.3 Å². The Morgan fingerprint density at radius 1 is 1.00 bits per heavy atom. The minimum Gasteiger partial charge on any atom is -0.503 e. The van der Waals surface area contributed by atoms with Crippen molar-refractivity contribution in [3.8, 4) is 0 Å². The highest BCUT2D eigenvalue weighted by Crippen LogP contribution is 2.43. The molecule has 0 bridgehead atoms. The van der Waals surface area contributed by atoms with Crippen molar-refractivity contribution in [1.29, 1.82) is 0 Å². The molecule has 3 rings (SSSR count). The van der Waals surface area contributed by atoms with Crippen LogP contribution in [0.1, 0.15) is 43.5 Å². The molecule has 1 aliphatic heterocycles. The first-order chi connectivity index (χ1) is 12.6. The van der Waals surface area contributed by atoms with Gasteiger partial charge in [-0.15, -0.1) is 0 Å². The minimum atomic E-state index is -0.712. The van der Waals surface area contributed by atoms with Crippen LogP contribution in [0.15, 0.2) is 59.9 Å². The average molecular weight is 363 g/mol. The van der Waals surface area contributed by atoms with Gasteiger partial charge in [-0.25, -0.2) is 0 Å². The molecule has 2 aromatic rings. The molecule has 0 aliphatic carbocycles. The number of rotatable bonds is 3. The molecule has 140 valence electrons. The number of aryl methyl sites for hydroxylation is 2. The number of hydrogen-bond donors (Lipinski definition) is 1. The van der Waals surface area contributed by atoms with Gasteiger partial charge in [0.2, 0.25) is 0 Å². The van der Waals surface area contributed by atoms with E-state index in [1.807, 2.05) is 62.4 Å². The third-order valence-electron chi connectivity index (χ3n) is 5.02. The molecule has 0 aromatic heterocycles. The number of amides is 1. The predicted molar refractivity (Wildman–Crippen MR) is 107 cm³/mol. The number of carbonyl (C=O) groups excluding carboxylic acids is 2. The van der Waals surface area contributed by atoms with E-state index in [0.717, 1.165) is 16.7 Å². The third-order valence-corrected chi connectivity index (χ3v) is 5.02. The van der Waals surface area contributed by atoms with E-state index in [4.69, 9.17) is 0 Å². The number of hydrogen-bond acceptors (Lipinski definition) is 3. The molecule has 1 unspecified atom stereocenters. The van der Waals surface area contributed by atoms with Crippen LogP contribution >= 0.6 is 0 Å². The van der Waals surface area contributed by atoms with E-state index in [1.165, 1.54) is 4.90 Å². The minimum absolute atomic E-state index is 0.164. The molecule has 27 heavy (non-hydrogen) atoms. The first-order valence-electron chi connectivity index (χ1n) is 9.06. The molecule has 1 atom stereocenters. The van der Waals surface area contributed by atoms with Crippen molar-refractivity contribution in [3.63, 3.8) is 0 Å². The van der Waals surface area contributed by atoms with Crippen molar-refractivity contribution >= 4 is 17.4 Å². The van der Waals surface area contributed by atoms with Crippen LogP contribution < -0.4 is 4.90 Å². The van der Waals surface area contributed by atoms with Crippen LogP contribution in [0.4, 0.5) is 5.69 Å². The van der Waals surface area contributed by atoms with E-state index < -0.39 is 23.1 Å². The second kappa shape index (κ2) is 6.69. The summed E-state index contributed by atoms with van der Waals surface area (Å²) >= 11 is 0. The van der Waals surface area contributed by atoms with Crippen molar-refractivity contribution < 1.29 is 14.7 Å². The molecule has 0 spiro atoms. The molecular weight excluding hydrogens is 338 g/mol. The smallest absolute Gasteiger partial charge is 0.294 e. The van der Waals surface area contributed by atoms with E-state index >= 15 is 0 Å². The predicted octanol–water partition coefficient (Wildman–Crippen LogP) is 4.82. The van der Waals surface area contributed by atoms with Crippen molar-refractivity contribution in [2.75, 3.05) is 4.90 Å². The van der Waals surface area contributed by atoms with E-state index in [0.29, 0.717) is 5.69 Å². The summed E-state index contributed by atoms with van der Waals surface area (Å²) in [5.41, 5.74) is 3.07. The Morgan fingerprint density at radius 2 is 1.63 bits per heavy atom. The lowest BCUT2D eigenvalue weighted by atomic mass is 9.82. The lowest BCUT2D eigenvalue weighted by Gasteiger charge is -2.29. The van der Waals surface area contributed by atoms with Gasteiger partial charge in [0.1, 0.15) is 0 Å². The summed E-state index contributed by atoms with van der Waals surface area (Å²) in [5, 5.41) is 10.6. The van der Waals surface area contributed by atoms with Crippen molar-refractivity contribution in [2.45, 2.75) is 40.7 Å². The monoisotopic (exact) mass is 363 g/mol. The fourth-order valence-corrected chi connectivity index (χ4v) is 3.33. The number of carbonyl (C=O) groups is 2. The summed E-state index contributed by atoms with van der Waals surface area (Å²) in [6, 6.07) is 14.4. The summed E-state index contributed by atoms with van der Waals surface area (Å²) in [6.45, 7) is 9.36. The van der Waals surface area contributed by atoms with Crippen molar-refractivity contribution in [2.24, 2.45) is 5.41 Å². The van der Waals surface area contributed by atoms with Gasteiger partial charge in [0.05, 0.1) is 11.6 Å². The van der Waals surface area contributed by atoms with Gasteiger partial charge >= 0.3 is 0 Å². The Labute approximate surface area is 160 Å². The number of anilines is 1. The van der Waals surface area contributed by atoms with E-state index in [1.54, 1.807) is 20.8 Å². The normalized spacial score (nSPS) is 17.6. The molecule has 0 saturated carbocycles. The highest BCUT2D eigenvalue weighted by Gasteiger charge is 2.46. The Kier molecular flexibility index (Phi) is 4.68. The number of aliphatic hydroxyl groups excluding tert-OH is 1. The zero-order valence-corrected chi connectivity index (χ0v) is 16.4. The van der Waals surface area contributed by atoms with Crippen LogP contribution in [0.2, 0.25) is 0 Å². The quantitative estimate of drug-likeness (QED) is 0.851.